The lowest BCUT2D eigenvalue weighted by atomic mass is 9.96. The fourth-order valence-corrected chi connectivity index (χ4v) is 5.43. The first-order chi connectivity index (χ1) is 13.4. The Morgan fingerprint density at radius 1 is 1.25 bits per heavy atom. The molecule has 1 unspecified atom stereocenters. The van der Waals surface area contributed by atoms with Gasteiger partial charge in [-0.3, -0.25) is 4.98 Å². The van der Waals surface area contributed by atoms with E-state index in [1.165, 1.54) is 4.31 Å². The van der Waals surface area contributed by atoms with Crippen LogP contribution in [0.5, 0.6) is 0 Å². The van der Waals surface area contributed by atoms with Gasteiger partial charge in [0.1, 0.15) is 10.6 Å². The Balaban J connectivity index is 1.48. The summed E-state index contributed by atoms with van der Waals surface area (Å²) >= 11 is 0. The maximum atomic E-state index is 13.0. The third kappa shape index (κ3) is 3.57. The summed E-state index contributed by atoms with van der Waals surface area (Å²) in [4.78, 5) is 8.65. The van der Waals surface area contributed by atoms with Crippen molar-refractivity contribution in [2.24, 2.45) is 5.92 Å². The average molecular weight is 403 g/mol. The van der Waals surface area contributed by atoms with Crippen LogP contribution in [0.15, 0.2) is 38.5 Å². The lowest BCUT2D eigenvalue weighted by Crippen LogP contribution is -2.40. The molecular formula is C18H21N5O4S. The van der Waals surface area contributed by atoms with Crippen molar-refractivity contribution in [3.63, 3.8) is 0 Å². The van der Waals surface area contributed by atoms with Crippen molar-refractivity contribution >= 4 is 10.0 Å². The smallest absolute Gasteiger partial charge is 0.259 e. The van der Waals surface area contributed by atoms with Crippen molar-refractivity contribution in [3.05, 3.63) is 41.8 Å². The van der Waals surface area contributed by atoms with Crippen molar-refractivity contribution in [3.8, 4) is 11.5 Å². The summed E-state index contributed by atoms with van der Waals surface area (Å²) in [7, 11) is -3.64. The number of aryl methyl sites for hydroxylation is 2. The third-order valence-corrected chi connectivity index (χ3v) is 7.01. The molecule has 0 radical (unpaired) electrons. The fraction of sp³-hybridized carbons (Fsp3) is 0.444. The molecule has 0 aromatic carbocycles. The number of sulfonamides is 1. The number of aromatic nitrogens is 4. The zero-order valence-electron chi connectivity index (χ0n) is 15.7. The predicted octanol–water partition coefficient (Wildman–Crippen LogP) is 2.38. The second-order valence-corrected chi connectivity index (χ2v) is 8.86. The van der Waals surface area contributed by atoms with E-state index in [0.717, 1.165) is 18.4 Å². The molecule has 3 aromatic rings. The number of nitrogens with zero attached hydrogens (tertiary/aromatic N) is 5. The van der Waals surface area contributed by atoms with Gasteiger partial charge in [-0.25, -0.2) is 8.42 Å². The Bertz CT molecular complexity index is 1040. The molecule has 10 heteroatoms. The molecule has 0 spiro atoms. The Labute approximate surface area is 162 Å². The molecule has 0 N–H and O–H groups in total. The predicted molar refractivity (Wildman–Crippen MR) is 98.7 cm³/mol. The molecule has 0 bridgehead atoms. The molecule has 0 amide bonds. The van der Waals surface area contributed by atoms with E-state index in [-0.39, 0.29) is 10.8 Å². The van der Waals surface area contributed by atoms with Crippen LogP contribution in [0.1, 0.15) is 30.1 Å². The lowest BCUT2D eigenvalue weighted by Gasteiger charge is -2.31. The van der Waals surface area contributed by atoms with Crippen molar-refractivity contribution < 1.29 is 17.5 Å². The molecule has 0 saturated carbocycles. The highest BCUT2D eigenvalue weighted by Crippen LogP contribution is 2.29. The highest BCUT2D eigenvalue weighted by atomic mass is 32.2. The summed E-state index contributed by atoms with van der Waals surface area (Å²) in [6, 6.07) is 3.65. The molecule has 28 heavy (non-hydrogen) atoms. The summed E-state index contributed by atoms with van der Waals surface area (Å²) in [6.07, 6.45) is 5.58. The van der Waals surface area contributed by atoms with E-state index >= 15 is 0 Å². The fourth-order valence-electron chi connectivity index (χ4n) is 3.59. The van der Waals surface area contributed by atoms with Gasteiger partial charge in [-0.05, 0) is 44.7 Å². The average Bonchev–Trinajstić information content (AvgIpc) is 3.29. The Morgan fingerprint density at radius 2 is 2.11 bits per heavy atom. The number of pyridine rings is 1. The molecule has 1 aliphatic heterocycles. The van der Waals surface area contributed by atoms with Crippen LogP contribution in [-0.4, -0.2) is 46.1 Å². The van der Waals surface area contributed by atoms with Crippen molar-refractivity contribution in [2.75, 3.05) is 13.1 Å². The van der Waals surface area contributed by atoms with Gasteiger partial charge in [0.25, 0.3) is 5.89 Å². The van der Waals surface area contributed by atoms with E-state index in [9.17, 15) is 8.42 Å². The minimum atomic E-state index is -3.64. The summed E-state index contributed by atoms with van der Waals surface area (Å²) in [5, 5.41) is 7.82. The third-order valence-electron chi connectivity index (χ3n) is 4.90. The van der Waals surface area contributed by atoms with E-state index in [1.54, 1.807) is 32.3 Å². The van der Waals surface area contributed by atoms with Crippen LogP contribution in [0.4, 0.5) is 0 Å². The van der Waals surface area contributed by atoms with E-state index in [0.29, 0.717) is 42.7 Å². The van der Waals surface area contributed by atoms with Crippen LogP contribution in [0.25, 0.3) is 11.5 Å². The number of hydrogen-bond donors (Lipinski definition) is 0. The summed E-state index contributed by atoms with van der Waals surface area (Å²) in [5.41, 5.74) is 1.14. The summed E-state index contributed by atoms with van der Waals surface area (Å²) < 4.78 is 38.0. The number of hydrogen-bond acceptors (Lipinski definition) is 8. The molecule has 3 aromatic heterocycles. The second kappa shape index (κ2) is 7.44. The molecular weight excluding hydrogens is 382 g/mol. The van der Waals surface area contributed by atoms with Crippen LogP contribution < -0.4 is 0 Å². The number of piperidine rings is 1. The molecule has 1 atom stereocenters. The normalized spacial score (nSPS) is 18.4. The molecule has 148 valence electrons. The van der Waals surface area contributed by atoms with Gasteiger partial charge >= 0.3 is 0 Å². The highest BCUT2D eigenvalue weighted by Gasteiger charge is 2.34. The molecule has 1 saturated heterocycles. The minimum absolute atomic E-state index is 0.114. The Kier molecular flexibility index (Phi) is 4.98. The van der Waals surface area contributed by atoms with Gasteiger partial charge in [0.05, 0.1) is 5.56 Å². The highest BCUT2D eigenvalue weighted by molar-refractivity contribution is 7.89. The first-order valence-electron chi connectivity index (χ1n) is 9.11. The molecule has 4 rings (SSSR count). The first kappa shape index (κ1) is 18.8. The van der Waals surface area contributed by atoms with Gasteiger partial charge in [0, 0.05) is 31.9 Å². The van der Waals surface area contributed by atoms with Crippen molar-refractivity contribution in [2.45, 2.75) is 38.0 Å². The van der Waals surface area contributed by atoms with Crippen molar-refractivity contribution in [1.29, 1.82) is 0 Å². The molecule has 1 aliphatic rings. The van der Waals surface area contributed by atoms with Gasteiger partial charge in [0.15, 0.2) is 11.6 Å². The Hall–Kier alpha value is -2.59. The lowest BCUT2D eigenvalue weighted by molar-refractivity contribution is 0.260. The van der Waals surface area contributed by atoms with Gasteiger partial charge < -0.3 is 9.05 Å². The van der Waals surface area contributed by atoms with Crippen LogP contribution in [0.2, 0.25) is 0 Å². The molecule has 4 heterocycles. The maximum absolute atomic E-state index is 13.0. The van der Waals surface area contributed by atoms with Gasteiger partial charge in [-0.1, -0.05) is 10.3 Å². The van der Waals surface area contributed by atoms with E-state index < -0.39 is 10.0 Å². The quantitative estimate of drug-likeness (QED) is 0.638. The minimum Gasteiger partial charge on any atom is -0.360 e. The molecule has 0 aliphatic carbocycles. The first-order valence-corrected chi connectivity index (χ1v) is 10.5. The monoisotopic (exact) mass is 403 g/mol. The zero-order chi connectivity index (χ0) is 19.7. The maximum Gasteiger partial charge on any atom is 0.259 e. The van der Waals surface area contributed by atoms with Gasteiger partial charge in [0.2, 0.25) is 10.0 Å². The second-order valence-electron chi connectivity index (χ2n) is 6.99. The van der Waals surface area contributed by atoms with Crippen LogP contribution >= 0.6 is 0 Å². The van der Waals surface area contributed by atoms with Gasteiger partial charge in [-0.2, -0.15) is 9.29 Å². The largest absolute Gasteiger partial charge is 0.360 e. The summed E-state index contributed by atoms with van der Waals surface area (Å²) in [5.74, 6) is 1.42. The van der Waals surface area contributed by atoms with E-state index in [2.05, 4.69) is 20.3 Å². The van der Waals surface area contributed by atoms with Gasteiger partial charge in [-0.15, -0.1) is 0 Å². The Morgan fingerprint density at radius 3 is 2.82 bits per heavy atom. The standard InChI is InChI=1S/C18H21N5O4S/c1-12-17(13(2)26-21-12)28(24,25)23-8-4-5-14(11-23)9-16-20-18(27-22-16)15-6-3-7-19-10-15/h3,6-7,10,14H,4-5,8-9,11H2,1-2H3. The topological polar surface area (TPSA) is 115 Å². The van der Waals surface area contributed by atoms with E-state index in [1.807, 2.05) is 6.07 Å². The van der Waals surface area contributed by atoms with Crippen LogP contribution in [-0.2, 0) is 16.4 Å². The molecule has 9 nitrogen and oxygen atoms in total. The van der Waals surface area contributed by atoms with Crippen LogP contribution in [0.3, 0.4) is 0 Å². The van der Waals surface area contributed by atoms with Crippen LogP contribution in [0, 0.1) is 19.8 Å². The van der Waals surface area contributed by atoms with Crippen molar-refractivity contribution in [1.82, 2.24) is 24.6 Å². The zero-order valence-corrected chi connectivity index (χ0v) is 16.5. The van der Waals surface area contributed by atoms with E-state index in [4.69, 9.17) is 9.05 Å². The molecule has 1 fully saturated rings. The summed E-state index contributed by atoms with van der Waals surface area (Å²) in [6.45, 7) is 4.15. The number of rotatable bonds is 5. The SMILES string of the molecule is Cc1noc(C)c1S(=O)(=O)N1CCCC(Cc2noc(-c3cccnc3)n2)C1.